The Labute approximate surface area is 151 Å². The number of nitrogens with zero attached hydrogens (tertiary/aromatic N) is 2. The average molecular weight is 374 g/mol. The number of thiophene rings is 1. The molecule has 7 nitrogen and oxygen atoms in total. The van der Waals surface area contributed by atoms with Gasteiger partial charge in [-0.3, -0.25) is 19.5 Å². The van der Waals surface area contributed by atoms with Crippen LogP contribution in [0.2, 0.25) is 0 Å². The Kier molecular flexibility index (Phi) is 5.08. The number of benzene rings is 1. The molecular weight excluding hydrogens is 359 g/mol. The maximum absolute atomic E-state index is 13.1. The number of halogens is 1. The number of aromatic nitrogens is 2. The third-order valence-corrected chi connectivity index (χ3v) is 4.51. The molecule has 0 saturated heterocycles. The maximum Gasteiger partial charge on any atom is 0.321 e. The number of urea groups is 1. The molecular formula is C17H15FN4O3S. The van der Waals surface area contributed by atoms with Crippen LogP contribution in [0.3, 0.4) is 0 Å². The summed E-state index contributed by atoms with van der Waals surface area (Å²) in [5, 5.41) is 6.70. The highest BCUT2D eigenvalue weighted by atomic mass is 32.1. The smallest absolute Gasteiger partial charge is 0.321 e. The summed E-state index contributed by atoms with van der Waals surface area (Å²) in [5.74, 6) is -0.997. The quantitative estimate of drug-likeness (QED) is 0.731. The van der Waals surface area contributed by atoms with Gasteiger partial charge in [0.05, 0.1) is 11.7 Å². The monoisotopic (exact) mass is 374 g/mol. The van der Waals surface area contributed by atoms with E-state index in [1.165, 1.54) is 29.8 Å². The van der Waals surface area contributed by atoms with E-state index in [0.717, 1.165) is 4.57 Å². The fourth-order valence-electron chi connectivity index (χ4n) is 2.45. The lowest BCUT2D eigenvalue weighted by molar-refractivity contribution is -0.120. The summed E-state index contributed by atoms with van der Waals surface area (Å²) in [6, 6.07) is 5.16. The van der Waals surface area contributed by atoms with Crippen molar-refractivity contribution in [1.82, 2.24) is 20.2 Å². The number of hydrogen-bond acceptors (Lipinski definition) is 5. The van der Waals surface area contributed by atoms with Crippen molar-refractivity contribution in [2.24, 2.45) is 0 Å². The zero-order valence-electron chi connectivity index (χ0n) is 13.8. The van der Waals surface area contributed by atoms with Gasteiger partial charge in [-0.2, -0.15) is 0 Å². The Morgan fingerprint density at radius 2 is 2.00 bits per heavy atom. The molecule has 0 fully saturated rings. The summed E-state index contributed by atoms with van der Waals surface area (Å²) in [4.78, 5) is 40.8. The van der Waals surface area contributed by atoms with Crippen LogP contribution in [0.25, 0.3) is 21.3 Å². The number of hydrogen-bond donors (Lipinski definition) is 2. The second-order valence-electron chi connectivity index (χ2n) is 5.42. The van der Waals surface area contributed by atoms with E-state index in [1.807, 2.05) is 0 Å². The van der Waals surface area contributed by atoms with Gasteiger partial charge >= 0.3 is 6.03 Å². The van der Waals surface area contributed by atoms with Crippen molar-refractivity contribution < 1.29 is 14.0 Å². The molecule has 0 aliphatic carbocycles. The molecule has 0 bridgehead atoms. The van der Waals surface area contributed by atoms with Gasteiger partial charge in [-0.15, -0.1) is 11.3 Å². The minimum absolute atomic E-state index is 0.336. The fraction of sp³-hybridized carbons (Fsp3) is 0.176. The summed E-state index contributed by atoms with van der Waals surface area (Å²) < 4.78 is 14.3. The molecule has 0 atom stereocenters. The Balaban J connectivity index is 1.94. The molecule has 3 aromatic rings. The van der Waals surface area contributed by atoms with Crippen LogP contribution in [-0.4, -0.2) is 28.0 Å². The highest BCUT2D eigenvalue weighted by molar-refractivity contribution is 7.17. The Morgan fingerprint density at radius 1 is 1.27 bits per heavy atom. The number of amides is 3. The topological polar surface area (TPSA) is 93.1 Å². The number of carbonyl (C=O) groups excluding carboxylic acids is 2. The van der Waals surface area contributed by atoms with Gasteiger partial charge in [-0.25, -0.2) is 14.2 Å². The van der Waals surface area contributed by atoms with E-state index >= 15 is 0 Å². The normalized spacial score (nSPS) is 10.7. The van der Waals surface area contributed by atoms with Crippen LogP contribution in [-0.2, 0) is 11.3 Å². The molecule has 3 rings (SSSR count). The molecule has 0 saturated carbocycles. The number of rotatable bonds is 4. The summed E-state index contributed by atoms with van der Waals surface area (Å²) in [7, 11) is 0. The van der Waals surface area contributed by atoms with Crippen molar-refractivity contribution >= 4 is 33.5 Å². The first-order valence-corrected chi connectivity index (χ1v) is 8.67. The first-order valence-electron chi connectivity index (χ1n) is 7.80. The van der Waals surface area contributed by atoms with Crippen molar-refractivity contribution in [2.75, 3.05) is 6.54 Å². The predicted octanol–water partition coefficient (Wildman–Crippen LogP) is 2.11. The minimum atomic E-state index is -0.627. The molecule has 26 heavy (non-hydrogen) atoms. The van der Waals surface area contributed by atoms with Crippen LogP contribution in [0.1, 0.15) is 6.92 Å². The van der Waals surface area contributed by atoms with E-state index < -0.39 is 17.5 Å². The number of nitrogens with one attached hydrogen (secondary N) is 2. The van der Waals surface area contributed by atoms with Crippen molar-refractivity contribution in [3.8, 4) is 11.1 Å². The number of fused-ring (bicyclic) bond motifs is 1. The molecule has 2 heterocycles. The van der Waals surface area contributed by atoms with E-state index in [0.29, 0.717) is 27.9 Å². The molecule has 2 aromatic heterocycles. The Hall–Kier alpha value is -3.07. The summed E-state index contributed by atoms with van der Waals surface area (Å²) in [6.07, 6.45) is 1.27. The molecule has 134 valence electrons. The second kappa shape index (κ2) is 7.44. The van der Waals surface area contributed by atoms with Crippen LogP contribution in [0, 0.1) is 5.82 Å². The van der Waals surface area contributed by atoms with Gasteiger partial charge in [0.15, 0.2) is 0 Å². The lowest BCUT2D eigenvalue weighted by Gasteiger charge is -2.07. The highest BCUT2D eigenvalue weighted by Crippen LogP contribution is 2.30. The molecule has 0 spiro atoms. The lowest BCUT2D eigenvalue weighted by Crippen LogP contribution is -2.42. The van der Waals surface area contributed by atoms with Crippen LogP contribution in [0.5, 0.6) is 0 Å². The van der Waals surface area contributed by atoms with Crippen LogP contribution >= 0.6 is 11.3 Å². The van der Waals surface area contributed by atoms with Gasteiger partial charge in [0.25, 0.3) is 5.56 Å². The molecule has 1 aromatic carbocycles. The number of carbonyl (C=O) groups is 2. The van der Waals surface area contributed by atoms with Crippen LogP contribution in [0.4, 0.5) is 9.18 Å². The second-order valence-corrected chi connectivity index (χ2v) is 6.28. The lowest BCUT2D eigenvalue weighted by atomic mass is 10.1. The first kappa shape index (κ1) is 17.7. The third-order valence-electron chi connectivity index (χ3n) is 3.62. The fourth-order valence-corrected chi connectivity index (χ4v) is 3.35. The van der Waals surface area contributed by atoms with E-state index in [1.54, 1.807) is 24.4 Å². The molecule has 3 amide bonds. The summed E-state index contributed by atoms with van der Waals surface area (Å²) in [6.45, 7) is 1.76. The first-order chi connectivity index (χ1) is 12.5. The summed E-state index contributed by atoms with van der Waals surface area (Å²) >= 11 is 1.29. The van der Waals surface area contributed by atoms with Gasteiger partial charge in [0.1, 0.15) is 17.2 Å². The maximum atomic E-state index is 13.1. The number of imide groups is 1. The van der Waals surface area contributed by atoms with Crippen molar-refractivity contribution in [1.29, 1.82) is 0 Å². The van der Waals surface area contributed by atoms with Crippen LogP contribution in [0.15, 0.2) is 40.8 Å². The van der Waals surface area contributed by atoms with Gasteiger partial charge in [-0.05, 0) is 24.6 Å². The van der Waals surface area contributed by atoms with Crippen molar-refractivity contribution in [3.05, 3.63) is 52.1 Å². The predicted molar refractivity (Wildman–Crippen MR) is 96.5 cm³/mol. The molecule has 0 aliphatic rings. The largest absolute Gasteiger partial charge is 0.338 e. The van der Waals surface area contributed by atoms with E-state index in [-0.39, 0.29) is 12.4 Å². The molecule has 2 N–H and O–H groups in total. The zero-order valence-corrected chi connectivity index (χ0v) is 14.6. The third kappa shape index (κ3) is 3.62. The molecule has 0 radical (unpaired) electrons. The minimum Gasteiger partial charge on any atom is -0.338 e. The molecule has 9 heteroatoms. The van der Waals surface area contributed by atoms with Crippen LogP contribution < -0.4 is 16.2 Å². The Morgan fingerprint density at radius 3 is 2.69 bits per heavy atom. The van der Waals surface area contributed by atoms with Crippen molar-refractivity contribution in [2.45, 2.75) is 13.5 Å². The molecule has 0 aliphatic heterocycles. The zero-order chi connectivity index (χ0) is 18.7. The highest BCUT2D eigenvalue weighted by Gasteiger charge is 2.15. The van der Waals surface area contributed by atoms with Gasteiger partial charge in [-0.1, -0.05) is 12.1 Å². The standard InChI is InChI=1S/C17H15FN4O3S/c1-2-19-17(25)21-13(23)7-22-9-20-15-14(16(22)24)12(8-26-15)10-3-5-11(18)6-4-10/h3-6,8-9H,2,7H2,1H3,(H2,19,21,23,25). The average Bonchev–Trinajstić information content (AvgIpc) is 3.03. The van der Waals surface area contributed by atoms with Gasteiger partial charge in [0.2, 0.25) is 5.91 Å². The van der Waals surface area contributed by atoms with E-state index in [4.69, 9.17) is 0 Å². The van der Waals surface area contributed by atoms with Gasteiger partial charge in [0, 0.05) is 17.5 Å². The Bertz CT molecular complexity index is 1030. The van der Waals surface area contributed by atoms with Crippen molar-refractivity contribution in [3.63, 3.8) is 0 Å². The molecule has 0 unspecified atom stereocenters. The van der Waals surface area contributed by atoms with E-state index in [9.17, 15) is 18.8 Å². The van der Waals surface area contributed by atoms with E-state index in [2.05, 4.69) is 15.6 Å². The SMILES string of the molecule is CCNC(=O)NC(=O)Cn1cnc2scc(-c3ccc(F)cc3)c2c1=O. The van der Waals surface area contributed by atoms with Gasteiger partial charge < -0.3 is 5.32 Å². The summed E-state index contributed by atoms with van der Waals surface area (Å²) in [5.41, 5.74) is 0.906.